The summed E-state index contributed by atoms with van der Waals surface area (Å²) in [7, 11) is 1.65. The average Bonchev–Trinajstić information content (AvgIpc) is 2.27. The van der Waals surface area contributed by atoms with Crippen molar-refractivity contribution in [3.63, 3.8) is 0 Å². The van der Waals surface area contributed by atoms with Crippen LogP contribution in [0.5, 0.6) is 0 Å². The van der Waals surface area contributed by atoms with Gasteiger partial charge >= 0.3 is 5.97 Å². The van der Waals surface area contributed by atoms with Gasteiger partial charge in [-0.3, -0.25) is 4.79 Å². The van der Waals surface area contributed by atoms with Crippen molar-refractivity contribution in [3.8, 4) is 0 Å². The molecule has 1 atom stereocenters. The van der Waals surface area contributed by atoms with E-state index in [-0.39, 0.29) is 12.5 Å². The number of carboxylic acids is 1. The van der Waals surface area contributed by atoms with Crippen molar-refractivity contribution >= 4 is 5.97 Å². The Balaban J connectivity index is 2.55. The summed E-state index contributed by atoms with van der Waals surface area (Å²) in [6, 6.07) is 7.51. The summed E-state index contributed by atoms with van der Waals surface area (Å²) in [6.45, 7) is 0.574. The molecule has 1 aromatic rings. The number of benzene rings is 1. The topological polar surface area (TPSA) is 72.5 Å². The van der Waals surface area contributed by atoms with E-state index in [2.05, 4.69) is 0 Å². The highest BCUT2D eigenvalue weighted by Crippen LogP contribution is 2.16. The quantitative estimate of drug-likeness (QED) is 0.769. The standard InChI is InChI=1S/C12H17NO3/c1-16-8-9-2-4-10(5-3-9)11(13)6-7-12(14)15/h2-5,11H,6-8,13H2,1H3,(H,14,15). The molecule has 0 amide bonds. The molecule has 0 heterocycles. The molecule has 0 aliphatic carbocycles. The van der Waals surface area contributed by atoms with E-state index in [1.54, 1.807) is 7.11 Å². The molecule has 0 saturated carbocycles. The van der Waals surface area contributed by atoms with E-state index < -0.39 is 5.97 Å². The number of aliphatic carboxylic acids is 1. The molecule has 0 aromatic heterocycles. The van der Waals surface area contributed by atoms with Gasteiger partial charge in [-0.2, -0.15) is 0 Å². The summed E-state index contributed by atoms with van der Waals surface area (Å²) in [5.41, 5.74) is 7.91. The van der Waals surface area contributed by atoms with Crippen LogP contribution < -0.4 is 5.73 Å². The molecule has 0 bridgehead atoms. The number of nitrogens with two attached hydrogens (primary N) is 1. The zero-order chi connectivity index (χ0) is 12.0. The van der Waals surface area contributed by atoms with Gasteiger partial charge in [0.2, 0.25) is 0 Å². The molecule has 88 valence electrons. The second-order valence-corrected chi connectivity index (χ2v) is 3.71. The van der Waals surface area contributed by atoms with Crippen molar-refractivity contribution < 1.29 is 14.6 Å². The molecule has 16 heavy (non-hydrogen) atoms. The first kappa shape index (κ1) is 12.7. The molecular weight excluding hydrogens is 206 g/mol. The summed E-state index contributed by atoms with van der Waals surface area (Å²) >= 11 is 0. The Labute approximate surface area is 95.0 Å². The van der Waals surface area contributed by atoms with E-state index >= 15 is 0 Å². The lowest BCUT2D eigenvalue weighted by Crippen LogP contribution is -2.12. The van der Waals surface area contributed by atoms with Crippen molar-refractivity contribution in [3.05, 3.63) is 35.4 Å². The fourth-order valence-corrected chi connectivity index (χ4v) is 1.47. The number of rotatable bonds is 6. The minimum atomic E-state index is -0.813. The number of hydrogen-bond acceptors (Lipinski definition) is 3. The van der Waals surface area contributed by atoms with Crippen LogP contribution in [0, 0.1) is 0 Å². The summed E-state index contributed by atoms with van der Waals surface area (Å²) in [5, 5.41) is 8.55. The smallest absolute Gasteiger partial charge is 0.303 e. The highest BCUT2D eigenvalue weighted by atomic mass is 16.5. The molecule has 0 aliphatic rings. The van der Waals surface area contributed by atoms with Crippen LogP contribution in [-0.4, -0.2) is 18.2 Å². The predicted octanol–water partition coefficient (Wildman–Crippen LogP) is 1.70. The van der Waals surface area contributed by atoms with E-state index in [1.807, 2.05) is 24.3 Å². The van der Waals surface area contributed by atoms with Gasteiger partial charge in [-0.05, 0) is 17.5 Å². The van der Waals surface area contributed by atoms with Crippen molar-refractivity contribution in [2.75, 3.05) is 7.11 Å². The molecule has 1 unspecified atom stereocenters. The fraction of sp³-hybridized carbons (Fsp3) is 0.417. The lowest BCUT2D eigenvalue weighted by molar-refractivity contribution is -0.137. The third kappa shape index (κ3) is 4.00. The Morgan fingerprint density at radius 3 is 2.56 bits per heavy atom. The maximum atomic E-state index is 10.4. The van der Waals surface area contributed by atoms with Gasteiger partial charge in [-0.15, -0.1) is 0 Å². The summed E-state index contributed by atoms with van der Waals surface area (Å²) in [5.74, 6) is -0.813. The second-order valence-electron chi connectivity index (χ2n) is 3.71. The highest BCUT2D eigenvalue weighted by molar-refractivity contribution is 5.66. The molecule has 1 aromatic carbocycles. The zero-order valence-electron chi connectivity index (χ0n) is 9.35. The first-order valence-corrected chi connectivity index (χ1v) is 5.18. The SMILES string of the molecule is COCc1ccc(C(N)CCC(=O)O)cc1. The van der Waals surface area contributed by atoms with Gasteiger partial charge in [-0.25, -0.2) is 0 Å². The molecule has 3 N–H and O–H groups in total. The lowest BCUT2D eigenvalue weighted by Gasteiger charge is -2.11. The van der Waals surface area contributed by atoms with Gasteiger partial charge in [0.25, 0.3) is 0 Å². The van der Waals surface area contributed by atoms with Crippen LogP contribution in [0.4, 0.5) is 0 Å². The van der Waals surface area contributed by atoms with Crippen molar-refractivity contribution in [2.45, 2.75) is 25.5 Å². The van der Waals surface area contributed by atoms with Crippen LogP contribution in [-0.2, 0) is 16.1 Å². The third-order valence-electron chi connectivity index (χ3n) is 2.39. The van der Waals surface area contributed by atoms with Crippen molar-refractivity contribution in [2.24, 2.45) is 5.73 Å². The number of methoxy groups -OCH3 is 1. The Kier molecular flexibility index (Phi) is 4.95. The van der Waals surface area contributed by atoms with Gasteiger partial charge in [0, 0.05) is 19.6 Å². The maximum absolute atomic E-state index is 10.4. The Bertz CT molecular complexity index is 335. The fourth-order valence-electron chi connectivity index (χ4n) is 1.47. The zero-order valence-corrected chi connectivity index (χ0v) is 9.35. The molecular formula is C12H17NO3. The van der Waals surface area contributed by atoms with Gasteiger partial charge in [-0.1, -0.05) is 24.3 Å². The van der Waals surface area contributed by atoms with E-state index in [1.165, 1.54) is 0 Å². The Morgan fingerprint density at radius 2 is 2.06 bits per heavy atom. The van der Waals surface area contributed by atoms with Crippen LogP contribution in [0.25, 0.3) is 0 Å². The van der Waals surface area contributed by atoms with Crippen LogP contribution in [0.15, 0.2) is 24.3 Å². The molecule has 4 heteroatoms. The van der Waals surface area contributed by atoms with Crippen LogP contribution >= 0.6 is 0 Å². The van der Waals surface area contributed by atoms with Gasteiger partial charge in [0.15, 0.2) is 0 Å². The summed E-state index contributed by atoms with van der Waals surface area (Å²) < 4.78 is 5.00. The first-order chi connectivity index (χ1) is 7.63. The number of carbonyl (C=O) groups is 1. The van der Waals surface area contributed by atoms with E-state index in [9.17, 15) is 4.79 Å². The number of carboxylic acid groups (broad SMARTS) is 1. The normalized spacial score (nSPS) is 12.4. The number of hydrogen-bond donors (Lipinski definition) is 2. The van der Waals surface area contributed by atoms with E-state index in [0.717, 1.165) is 11.1 Å². The Hall–Kier alpha value is -1.39. The molecule has 4 nitrogen and oxygen atoms in total. The monoisotopic (exact) mass is 223 g/mol. The maximum Gasteiger partial charge on any atom is 0.303 e. The van der Waals surface area contributed by atoms with E-state index in [4.69, 9.17) is 15.6 Å². The molecule has 0 aliphatic heterocycles. The second kappa shape index (κ2) is 6.25. The average molecular weight is 223 g/mol. The molecule has 0 radical (unpaired) electrons. The van der Waals surface area contributed by atoms with Crippen LogP contribution in [0.2, 0.25) is 0 Å². The molecule has 0 spiro atoms. The third-order valence-corrected chi connectivity index (χ3v) is 2.39. The minimum absolute atomic E-state index is 0.0982. The first-order valence-electron chi connectivity index (χ1n) is 5.18. The largest absolute Gasteiger partial charge is 0.481 e. The number of ether oxygens (including phenoxy) is 1. The van der Waals surface area contributed by atoms with Crippen LogP contribution in [0.3, 0.4) is 0 Å². The lowest BCUT2D eigenvalue weighted by atomic mass is 10.0. The molecule has 0 fully saturated rings. The highest BCUT2D eigenvalue weighted by Gasteiger charge is 2.08. The van der Waals surface area contributed by atoms with Gasteiger partial charge in [0.1, 0.15) is 0 Å². The van der Waals surface area contributed by atoms with Crippen molar-refractivity contribution in [1.82, 2.24) is 0 Å². The minimum Gasteiger partial charge on any atom is -0.481 e. The summed E-state index contributed by atoms with van der Waals surface area (Å²) in [4.78, 5) is 10.4. The Morgan fingerprint density at radius 1 is 1.44 bits per heavy atom. The van der Waals surface area contributed by atoms with Gasteiger partial charge < -0.3 is 15.6 Å². The molecule has 1 rings (SSSR count). The summed E-state index contributed by atoms with van der Waals surface area (Å²) in [6.07, 6.45) is 0.556. The van der Waals surface area contributed by atoms with Gasteiger partial charge in [0.05, 0.1) is 6.61 Å². The van der Waals surface area contributed by atoms with Crippen LogP contribution in [0.1, 0.15) is 30.0 Å². The predicted molar refractivity (Wildman–Crippen MR) is 61.0 cm³/mol. The van der Waals surface area contributed by atoms with Crippen molar-refractivity contribution in [1.29, 1.82) is 0 Å². The molecule has 0 saturated heterocycles. The van der Waals surface area contributed by atoms with E-state index in [0.29, 0.717) is 13.0 Å².